The molecule has 0 unspecified atom stereocenters. The van der Waals surface area contributed by atoms with Crippen LogP contribution in [-0.2, 0) is 6.42 Å². The third-order valence-corrected chi connectivity index (χ3v) is 1.79. The van der Waals surface area contributed by atoms with Gasteiger partial charge in [0, 0.05) is 11.4 Å². The molecule has 0 atom stereocenters. The van der Waals surface area contributed by atoms with Crippen molar-refractivity contribution in [2.45, 2.75) is 6.42 Å². The van der Waals surface area contributed by atoms with E-state index in [1.165, 1.54) is 0 Å². The molecule has 0 aliphatic rings. The quantitative estimate of drug-likeness (QED) is 0.446. The minimum Gasteiger partial charge on any atom is -0.410 e. The lowest BCUT2D eigenvalue weighted by Gasteiger charge is -1.96. The van der Waals surface area contributed by atoms with Gasteiger partial charge in [0.2, 0.25) is 0 Å². The fraction of sp³-hybridized carbons (Fsp3) is 0.111. The third kappa shape index (κ3) is 2.77. The van der Waals surface area contributed by atoms with Gasteiger partial charge in [-0.1, -0.05) is 28.9 Å². The van der Waals surface area contributed by atoms with Crippen LogP contribution in [0.2, 0.25) is 5.02 Å². The van der Waals surface area contributed by atoms with Gasteiger partial charge < -0.3 is 5.21 Å². The van der Waals surface area contributed by atoms with Crippen molar-refractivity contribution in [1.82, 2.24) is 0 Å². The van der Waals surface area contributed by atoms with E-state index in [0.29, 0.717) is 11.4 Å². The summed E-state index contributed by atoms with van der Waals surface area (Å²) < 4.78 is 0. The Kier molecular flexibility index (Phi) is 3.30. The molecule has 0 spiro atoms. The lowest BCUT2D eigenvalue weighted by molar-refractivity contribution is 0.319. The molecule has 1 aromatic carbocycles. The van der Waals surface area contributed by atoms with E-state index in [0.717, 1.165) is 5.56 Å². The Labute approximate surface area is 80.9 Å². The molecule has 0 aliphatic carbocycles. The van der Waals surface area contributed by atoms with Crippen LogP contribution >= 0.6 is 11.6 Å². The maximum Gasteiger partial charge on any atom is 0.161 e. The average molecular weight is 195 g/mol. The van der Waals surface area contributed by atoms with Crippen molar-refractivity contribution in [1.29, 1.82) is 5.26 Å². The second-order valence-electron chi connectivity index (χ2n) is 2.46. The average Bonchev–Trinajstić information content (AvgIpc) is 2.17. The van der Waals surface area contributed by atoms with Gasteiger partial charge in [0.25, 0.3) is 0 Å². The molecule has 0 aromatic heterocycles. The van der Waals surface area contributed by atoms with E-state index in [2.05, 4.69) is 5.16 Å². The summed E-state index contributed by atoms with van der Waals surface area (Å²) in [6.45, 7) is 0. The fourth-order valence-electron chi connectivity index (χ4n) is 0.893. The van der Waals surface area contributed by atoms with Gasteiger partial charge in [-0.05, 0) is 17.7 Å². The predicted molar refractivity (Wildman–Crippen MR) is 50.0 cm³/mol. The Balaban J connectivity index is 2.76. The first-order chi connectivity index (χ1) is 6.26. The summed E-state index contributed by atoms with van der Waals surface area (Å²) in [4.78, 5) is 0. The van der Waals surface area contributed by atoms with Gasteiger partial charge in [-0.25, -0.2) is 0 Å². The number of halogens is 1. The maximum atomic E-state index is 8.48. The van der Waals surface area contributed by atoms with Crippen molar-refractivity contribution in [3.63, 3.8) is 0 Å². The summed E-state index contributed by atoms with van der Waals surface area (Å²) in [7, 11) is 0. The number of nitriles is 1. The second kappa shape index (κ2) is 4.48. The van der Waals surface area contributed by atoms with Crippen LogP contribution in [0, 0.1) is 11.3 Å². The standard InChI is InChI=1S/C9H7ClN2O/c10-8-3-1-7(2-4-8)5-9(6-11)12-13/h1-4,13H,5H2/b12-9+. The van der Waals surface area contributed by atoms with Crippen molar-refractivity contribution in [2.24, 2.45) is 5.16 Å². The molecule has 66 valence electrons. The molecule has 0 bridgehead atoms. The number of rotatable bonds is 2. The molecule has 0 saturated heterocycles. The van der Waals surface area contributed by atoms with Crippen molar-refractivity contribution in [3.8, 4) is 6.07 Å². The highest BCUT2D eigenvalue weighted by Crippen LogP contribution is 2.10. The number of hydrogen-bond donors (Lipinski definition) is 1. The van der Waals surface area contributed by atoms with Gasteiger partial charge in [0.15, 0.2) is 5.71 Å². The van der Waals surface area contributed by atoms with E-state index >= 15 is 0 Å². The van der Waals surface area contributed by atoms with Gasteiger partial charge in [0.05, 0.1) is 0 Å². The smallest absolute Gasteiger partial charge is 0.161 e. The first kappa shape index (κ1) is 9.56. The summed E-state index contributed by atoms with van der Waals surface area (Å²) in [6, 6.07) is 8.80. The minimum atomic E-state index is 0.0855. The van der Waals surface area contributed by atoms with Crippen molar-refractivity contribution in [2.75, 3.05) is 0 Å². The van der Waals surface area contributed by atoms with Crippen LogP contribution in [-0.4, -0.2) is 10.9 Å². The van der Waals surface area contributed by atoms with Crippen LogP contribution in [0.5, 0.6) is 0 Å². The summed E-state index contributed by atoms with van der Waals surface area (Å²) in [5.74, 6) is 0. The van der Waals surface area contributed by atoms with Crippen LogP contribution in [0.25, 0.3) is 0 Å². The van der Waals surface area contributed by atoms with E-state index in [1.54, 1.807) is 30.3 Å². The molecule has 0 heterocycles. The molecular formula is C9H7ClN2O. The molecule has 0 amide bonds. The van der Waals surface area contributed by atoms with Crippen LogP contribution < -0.4 is 0 Å². The molecule has 13 heavy (non-hydrogen) atoms. The number of oxime groups is 1. The molecule has 0 saturated carbocycles. The maximum absolute atomic E-state index is 8.48. The van der Waals surface area contributed by atoms with Gasteiger partial charge in [-0.2, -0.15) is 5.26 Å². The Hall–Kier alpha value is -1.53. The van der Waals surface area contributed by atoms with E-state index in [4.69, 9.17) is 22.1 Å². The molecular weight excluding hydrogens is 188 g/mol. The Morgan fingerprint density at radius 3 is 2.54 bits per heavy atom. The molecule has 1 aromatic rings. The van der Waals surface area contributed by atoms with Crippen LogP contribution in [0.3, 0.4) is 0 Å². The highest BCUT2D eigenvalue weighted by molar-refractivity contribution is 6.30. The van der Waals surface area contributed by atoms with E-state index in [9.17, 15) is 0 Å². The van der Waals surface area contributed by atoms with Crippen LogP contribution in [0.15, 0.2) is 29.4 Å². The first-order valence-electron chi connectivity index (χ1n) is 3.61. The molecule has 4 heteroatoms. The fourth-order valence-corrected chi connectivity index (χ4v) is 1.02. The molecule has 0 fully saturated rings. The van der Waals surface area contributed by atoms with E-state index < -0.39 is 0 Å². The highest BCUT2D eigenvalue weighted by Gasteiger charge is 2.00. The topological polar surface area (TPSA) is 56.4 Å². The van der Waals surface area contributed by atoms with E-state index in [-0.39, 0.29) is 5.71 Å². The summed E-state index contributed by atoms with van der Waals surface area (Å²) in [5, 5.41) is 20.3. The Morgan fingerprint density at radius 2 is 2.08 bits per heavy atom. The number of hydrogen-bond acceptors (Lipinski definition) is 3. The number of benzene rings is 1. The zero-order chi connectivity index (χ0) is 9.68. The Bertz CT molecular complexity index is 351. The largest absolute Gasteiger partial charge is 0.410 e. The Morgan fingerprint density at radius 1 is 1.46 bits per heavy atom. The summed E-state index contributed by atoms with van der Waals surface area (Å²) in [6.07, 6.45) is 0.324. The van der Waals surface area contributed by atoms with E-state index in [1.807, 2.05) is 0 Å². The normalized spacial score (nSPS) is 10.9. The molecule has 0 radical (unpaired) electrons. The predicted octanol–water partition coefficient (Wildman–Crippen LogP) is 2.24. The van der Waals surface area contributed by atoms with Gasteiger partial charge in [-0.15, -0.1) is 0 Å². The zero-order valence-corrected chi connectivity index (χ0v) is 7.49. The zero-order valence-electron chi connectivity index (χ0n) is 6.74. The van der Waals surface area contributed by atoms with Crippen LogP contribution in [0.4, 0.5) is 0 Å². The monoisotopic (exact) mass is 194 g/mol. The van der Waals surface area contributed by atoms with Crippen molar-refractivity contribution < 1.29 is 5.21 Å². The van der Waals surface area contributed by atoms with Crippen molar-refractivity contribution in [3.05, 3.63) is 34.9 Å². The minimum absolute atomic E-state index is 0.0855. The van der Waals surface area contributed by atoms with Crippen molar-refractivity contribution >= 4 is 17.3 Å². The molecule has 1 N–H and O–H groups in total. The van der Waals surface area contributed by atoms with Gasteiger partial charge in [0.1, 0.15) is 6.07 Å². The van der Waals surface area contributed by atoms with Gasteiger partial charge >= 0.3 is 0 Å². The molecule has 3 nitrogen and oxygen atoms in total. The van der Waals surface area contributed by atoms with Crippen LogP contribution in [0.1, 0.15) is 5.56 Å². The molecule has 0 aliphatic heterocycles. The summed E-state index contributed by atoms with van der Waals surface area (Å²) in [5.41, 5.74) is 0.973. The summed E-state index contributed by atoms with van der Waals surface area (Å²) >= 11 is 5.67. The highest BCUT2D eigenvalue weighted by atomic mass is 35.5. The lowest BCUT2D eigenvalue weighted by Crippen LogP contribution is -1.99. The molecule has 1 rings (SSSR count). The SMILES string of the molecule is N#C/C(Cc1ccc(Cl)cc1)=N/O. The number of nitrogens with zero attached hydrogens (tertiary/aromatic N) is 2. The third-order valence-electron chi connectivity index (χ3n) is 1.53. The van der Waals surface area contributed by atoms with Gasteiger partial charge in [-0.3, -0.25) is 0 Å². The first-order valence-corrected chi connectivity index (χ1v) is 3.99. The second-order valence-corrected chi connectivity index (χ2v) is 2.90. The lowest BCUT2D eigenvalue weighted by atomic mass is 10.1.